The van der Waals surface area contributed by atoms with Crippen LogP contribution >= 0.6 is 11.3 Å². The molecule has 1 unspecified atom stereocenters. The zero-order valence-corrected chi connectivity index (χ0v) is 12.5. The third-order valence-electron chi connectivity index (χ3n) is 3.97. The lowest BCUT2D eigenvalue weighted by molar-refractivity contribution is 0.198. The minimum Gasteiger partial charge on any atom is -0.399 e. The number of aromatic nitrogens is 1. The Bertz CT molecular complexity index is 530. The fourth-order valence-electron chi connectivity index (χ4n) is 2.66. The predicted molar refractivity (Wildman–Crippen MR) is 85.2 cm³/mol. The van der Waals surface area contributed by atoms with E-state index >= 15 is 0 Å². The first kappa shape index (κ1) is 13.4. The number of rotatable bonds is 3. The van der Waals surface area contributed by atoms with Gasteiger partial charge in [0.05, 0.1) is 0 Å². The molecule has 0 spiro atoms. The summed E-state index contributed by atoms with van der Waals surface area (Å²) < 4.78 is 0. The van der Waals surface area contributed by atoms with Crippen LogP contribution in [0.1, 0.15) is 18.5 Å². The second kappa shape index (κ2) is 5.81. The van der Waals surface area contributed by atoms with Crippen molar-refractivity contribution in [2.45, 2.75) is 13.0 Å². The van der Waals surface area contributed by atoms with Gasteiger partial charge in [-0.05, 0) is 24.6 Å². The molecule has 0 aliphatic carbocycles. The first-order valence-corrected chi connectivity index (χ1v) is 7.86. The molecule has 106 valence electrons. The molecule has 0 bridgehead atoms. The third-order valence-corrected chi connectivity index (χ3v) is 4.80. The molecular weight excluding hydrogens is 268 g/mol. The van der Waals surface area contributed by atoms with Gasteiger partial charge < -0.3 is 10.6 Å². The van der Waals surface area contributed by atoms with Crippen LogP contribution in [-0.4, -0.2) is 36.1 Å². The highest BCUT2D eigenvalue weighted by Crippen LogP contribution is 2.25. The minimum absolute atomic E-state index is 0.439. The highest BCUT2D eigenvalue weighted by atomic mass is 32.1. The van der Waals surface area contributed by atoms with Crippen LogP contribution in [0, 0.1) is 0 Å². The van der Waals surface area contributed by atoms with Gasteiger partial charge in [0.15, 0.2) is 5.13 Å². The molecule has 1 aromatic carbocycles. The first-order chi connectivity index (χ1) is 9.74. The quantitative estimate of drug-likeness (QED) is 0.882. The van der Waals surface area contributed by atoms with Gasteiger partial charge in [0.25, 0.3) is 0 Å². The van der Waals surface area contributed by atoms with E-state index in [1.807, 2.05) is 23.7 Å². The van der Waals surface area contributed by atoms with Crippen LogP contribution in [0.25, 0.3) is 0 Å². The van der Waals surface area contributed by atoms with E-state index in [2.05, 4.69) is 33.8 Å². The van der Waals surface area contributed by atoms with Gasteiger partial charge >= 0.3 is 0 Å². The van der Waals surface area contributed by atoms with Crippen LogP contribution in [0.2, 0.25) is 0 Å². The van der Waals surface area contributed by atoms with Crippen LogP contribution in [0.4, 0.5) is 10.8 Å². The van der Waals surface area contributed by atoms with E-state index in [9.17, 15) is 0 Å². The van der Waals surface area contributed by atoms with E-state index in [1.165, 1.54) is 5.56 Å². The average Bonchev–Trinajstić information content (AvgIpc) is 3.02. The SMILES string of the molecule is CC(c1ccc(N)cc1)N1CCN(c2nccs2)CC1. The number of anilines is 2. The molecule has 1 aliphatic rings. The summed E-state index contributed by atoms with van der Waals surface area (Å²) in [5.74, 6) is 0. The molecule has 1 atom stereocenters. The Hall–Kier alpha value is -1.59. The van der Waals surface area contributed by atoms with Gasteiger partial charge in [-0.3, -0.25) is 4.90 Å². The van der Waals surface area contributed by atoms with Crippen molar-refractivity contribution in [2.24, 2.45) is 0 Å². The number of nitrogen functional groups attached to an aromatic ring is 1. The molecular formula is C15H20N4S. The number of benzene rings is 1. The molecule has 1 fully saturated rings. The minimum atomic E-state index is 0.439. The molecule has 0 amide bonds. The largest absolute Gasteiger partial charge is 0.399 e. The normalized spacial score (nSPS) is 18.1. The third kappa shape index (κ3) is 2.78. The van der Waals surface area contributed by atoms with Crippen molar-refractivity contribution >= 4 is 22.2 Å². The predicted octanol–water partition coefficient (Wildman–Crippen LogP) is 2.61. The maximum Gasteiger partial charge on any atom is 0.185 e. The van der Waals surface area contributed by atoms with Crippen molar-refractivity contribution in [3.63, 3.8) is 0 Å². The van der Waals surface area contributed by atoms with Gasteiger partial charge in [0, 0.05) is 49.5 Å². The van der Waals surface area contributed by atoms with Crippen LogP contribution in [0.5, 0.6) is 0 Å². The van der Waals surface area contributed by atoms with Crippen molar-refractivity contribution in [2.75, 3.05) is 36.8 Å². The molecule has 1 aromatic heterocycles. The lowest BCUT2D eigenvalue weighted by Crippen LogP contribution is -2.47. The Balaban J connectivity index is 1.61. The molecule has 5 heteroatoms. The zero-order valence-electron chi connectivity index (χ0n) is 11.7. The fraction of sp³-hybridized carbons (Fsp3) is 0.400. The van der Waals surface area contributed by atoms with Gasteiger partial charge in [-0.1, -0.05) is 12.1 Å². The topological polar surface area (TPSA) is 45.4 Å². The summed E-state index contributed by atoms with van der Waals surface area (Å²) in [7, 11) is 0. The molecule has 1 aliphatic heterocycles. The molecule has 2 N–H and O–H groups in total. The first-order valence-electron chi connectivity index (χ1n) is 6.98. The van der Waals surface area contributed by atoms with Gasteiger partial charge in [-0.2, -0.15) is 0 Å². The monoisotopic (exact) mass is 288 g/mol. The Morgan fingerprint density at radius 3 is 2.45 bits per heavy atom. The van der Waals surface area contributed by atoms with Crippen molar-refractivity contribution in [1.82, 2.24) is 9.88 Å². The average molecular weight is 288 g/mol. The number of nitrogens with two attached hydrogens (primary N) is 1. The van der Waals surface area contributed by atoms with Crippen molar-refractivity contribution in [3.8, 4) is 0 Å². The van der Waals surface area contributed by atoms with E-state index in [1.54, 1.807) is 11.3 Å². The number of hydrogen-bond acceptors (Lipinski definition) is 5. The number of nitrogens with zero attached hydrogens (tertiary/aromatic N) is 3. The van der Waals surface area contributed by atoms with Gasteiger partial charge in [0.1, 0.15) is 0 Å². The standard InChI is InChI=1S/C15H20N4S/c1-12(13-2-4-14(16)5-3-13)18-7-9-19(10-8-18)15-17-6-11-20-15/h2-6,11-12H,7-10,16H2,1H3. The summed E-state index contributed by atoms with van der Waals surface area (Å²) >= 11 is 1.72. The highest BCUT2D eigenvalue weighted by Gasteiger charge is 2.22. The summed E-state index contributed by atoms with van der Waals surface area (Å²) in [5, 5.41) is 3.18. The Kier molecular flexibility index (Phi) is 3.89. The second-order valence-corrected chi connectivity index (χ2v) is 6.05. The van der Waals surface area contributed by atoms with E-state index < -0.39 is 0 Å². The summed E-state index contributed by atoms with van der Waals surface area (Å²) in [6.45, 7) is 6.51. The molecule has 2 heterocycles. The molecule has 1 saturated heterocycles. The lowest BCUT2D eigenvalue weighted by atomic mass is 10.1. The highest BCUT2D eigenvalue weighted by molar-refractivity contribution is 7.13. The Labute approximate surface area is 123 Å². The van der Waals surface area contributed by atoms with Gasteiger partial charge in [0.2, 0.25) is 0 Å². The fourth-order valence-corrected chi connectivity index (χ4v) is 3.35. The summed E-state index contributed by atoms with van der Waals surface area (Å²) in [6.07, 6.45) is 1.88. The van der Waals surface area contributed by atoms with Crippen molar-refractivity contribution < 1.29 is 0 Å². The van der Waals surface area contributed by atoms with E-state index in [0.717, 1.165) is 37.0 Å². The zero-order chi connectivity index (χ0) is 13.9. The number of thiazole rings is 1. The van der Waals surface area contributed by atoms with Crippen molar-refractivity contribution in [3.05, 3.63) is 41.4 Å². The van der Waals surface area contributed by atoms with E-state index in [4.69, 9.17) is 5.73 Å². The number of piperazine rings is 1. The summed E-state index contributed by atoms with van der Waals surface area (Å²) in [4.78, 5) is 9.29. The van der Waals surface area contributed by atoms with Crippen LogP contribution in [0.15, 0.2) is 35.8 Å². The maximum atomic E-state index is 5.75. The summed E-state index contributed by atoms with van der Waals surface area (Å²) in [6, 6.07) is 8.67. The number of hydrogen-bond donors (Lipinski definition) is 1. The molecule has 0 radical (unpaired) electrons. The molecule has 2 aromatic rings. The Morgan fingerprint density at radius 1 is 1.15 bits per heavy atom. The van der Waals surface area contributed by atoms with E-state index in [0.29, 0.717) is 6.04 Å². The Morgan fingerprint density at radius 2 is 1.85 bits per heavy atom. The molecule has 0 saturated carbocycles. The second-order valence-electron chi connectivity index (χ2n) is 5.18. The smallest absolute Gasteiger partial charge is 0.185 e. The van der Waals surface area contributed by atoms with Crippen molar-refractivity contribution in [1.29, 1.82) is 0 Å². The van der Waals surface area contributed by atoms with Crippen LogP contribution in [0.3, 0.4) is 0 Å². The lowest BCUT2D eigenvalue weighted by Gasteiger charge is -2.38. The van der Waals surface area contributed by atoms with E-state index in [-0.39, 0.29) is 0 Å². The molecule has 3 rings (SSSR count). The maximum absolute atomic E-state index is 5.75. The van der Waals surface area contributed by atoms with Crippen LogP contribution in [-0.2, 0) is 0 Å². The van der Waals surface area contributed by atoms with Crippen LogP contribution < -0.4 is 10.6 Å². The van der Waals surface area contributed by atoms with Gasteiger partial charge in [-0.25, -0.2) is 4.98 Å². The van der Waals surface area contributed by atoms with Gasteiger partial charge in [-0.15, -0.1) is 11.3 Å². The summed E-state index contributed by atoms with van der Waals surface area (Å²) in [5.41, 5.74) is 7.91. The molecule has 20 heavy (non-hydrogen) atoms. The molecule has 4 nitrogen and oxygen atoms in total.